The fraction of sp³-hybridized carbons (Fsp3) is 0.625. The lowest BCUT2D eigenvalue weighted by Gasteiger charge is -2.12. The van der Waals surface area contributed by atoms with Crippen molar-refractivity contribution in [3.8, 4) is 0 Å². The van der Waals surface area contributed by atoms with Crippen molar-refractivity contribution in [2.45, 2.75) is 6.42 Å². The smallest absolute Gasteiger partial charge is 0.460 e. The largest absolute Gasteiger partial charge is 0.474 e. The number of ether oxygens (including phenoxy) is 1. The van der Waals surface area contributed by atoms with Crippen LogP contribution in [0.1, 0.15) is 6.42 Å². The molecule has 0 saturated heterocycles. The minimum atomic E-state index is -3.50. The van der Waals surface area contributed by atoms with Gasteiger partial charge in [0.1, 0.15) is 0 Å². The number of halogens is 1. The molecule has 0 aliphatic heterocycles. The zero-order chi connectivity index (χ0) is 12.6. The molecular formula is C8H14FO6P. The number of hydrogen-bond acceptors (Lipinski definition) is 6. The zero-order valence-electron chi connectivity index (χ0n) is 9.10. The number of rotatable bonds is 8. The van der Waals surface area contributed by atoms with Crippen LogP contribution >= 0.6 is 7.82 Å². The van der Waals surface area contributed by atoms with Crippen molar-refractivity contribution in [3.05, 3.63) is 12.4 Å². The van der Waals surface area contributed by atoms with Crippen molar-refractivity contribution in [2.24, 2.45) is 0 Å². The Morgan fingerprint density at radius 2 is 1.88 bits per heavy atom. The Hall–Kier alpha value is -0.750. The summed E-state index contributed by atoms with van der Waals surface area (Å²) in [6.07, 6.45) is 0.232. The highest BCUT2D eigenvalue weighted by atomic mass is 31.2. The predicted octanol–water partition coefficient (Wildman–Crippen LogP) is 1.82. The first-order valence-corrected chi connectivity index (χ1v) is 5.79. The molecule has 6 nitrogen and oxygen atoms in total. The third-order valence-corrected chi connectivity index (χ3v) is 2.83. The van der Waals surface area contributed by atoms with E-state index in [1.54, 1.807) is 0 Å². The fourth-order valence-electron chi connectivity index (χ4n) is 0.658. The van der Waals surface area contributed by atoms with Gasteiger partial charge in [0.15, 0.2) is 0 Å². The second-order valence-electron chi connectivity index (χ2n) is 2.54. The zero-order valence-corrected chi connectivity index (χ0v) is 10.00. The minimum Gasteiger partial charge on any atom is -0.460 e. The van der Waals surface area contributed by atoms with Crippen molar-refractivity contribution >= 4 is 13.8 Å². The van der Waals surface area contributed by atoms with E-state index < -0.39 is 19.6 Å². The Labute approximate surface area is 92.9 Å². The van der Waals surface area contributed by atoms with E-state index in [9.17, 15) is 13.8 Å². The van der Waals surface area contributed by atoms with Gasteiger partial charge < -0.3 is 4.74 Å². The molecular weight excluding hydrogens is 242 g/mol. The van der Waals surface area contributed by atoms with Crippen LogP contribution in [0.4, 0.5) is 4.39 Å². The van der Waals surface area contributed by atoms with Crippen LogP contribution in [-0.2, 0) is 27.7 Å². The molecule has 8 heteroatoms. The summed E-state index contributed by atoms with van der Waals surface area (Å²) in [6.45, 7) is 2.68. The molecule has 0 amide bonds. The topological polar surface area (TPSA) is 71.1 Å². The van der Waals surface area contributed by atoms with Crippen LogP contribution in [0, 0.1) is 0 Å². The van der Waals surface area contributed by atoms with Crippen molar-refractivity contribution in [1.82, 2.24) is 0 Å². The first-order chi connectivity index (χ1) is 7.45. The Balaban J connectivity index is 3.65. The lowest BCUT2D eigenvalue weighted by atomic mass is 10.5. The molecule has 0 unspecified atom stereocenters. The standard InChI is InChI=1S/C8H14FO6P/c1-7(9)8(10)14-5-4-6-15-16(11,12-2)13-3/h1,4-6H2,2-3H3. The summed E-state index contributed by atoms with van der Waals surface area (Å²) in [4.78, 5) is 10.6. The van der Waals surface area contributed by atoms with E-state index >= 15 is 0 Å². The number of esters is 1. The number of carbonyl (C=O) groups is 1. The number of hydrogen-bond donors (Lipinski definition) is 0. The molecule has 0 spiro atoms. The van der Waals surface area contributed by atoms with Crippen LogP contribution < -0.4 is 0 Å². The van der Waals surface area contributed by atoms with Crippen LogP contribution in [0.25, 0.3) is 0 Å². The molecule has 0 heterocycles. The van der Waals surface area contributed by atoms with Gasteiger partial charge in [-0.15, -0.1) is 0 Å². The molecule has 0 saturated carbocycles. The molecule has 0 fully saturated rings. The SMILES string of the molecule is C=C(F)C(=O)OCCCOP(=O)(OC)OC. The summed E-state index contributed by atoms with van der Waals surface area (Å²) in [5.41, 5.74) is 0. The van der Waals surface area contributed by atoms with Crippen LogP contribution in [0.3, 0.4) is 0 Å². The first kappa shape index (κ1) is 15.2. The molecule has 0 aliphatic carbocycles. The molecule has 0 atom stereocenters. The van der Waals surface area contributed by atoms with E-state index in [0.29, 0.717) is 0 Å². The Morgan fingerprint density at radius 3 is 2.31 bits per heavy atom. The maximum absolute atomic E-state index is 12.1. The van der Waals surface area contributed by atoms with Crippen molar-refractivity contribution in [1.29, 1.82) is 0 Å². The molecule has 94 valence electrons. The van der Waals surface area contributed by atoms with Crippen LogP contribution in [-0.4, -0.2) is 33.4 Å². The van der Waals surface area contributed by atoms with E-state index in [1.807, 2.05) is 0 Å². The molecule has 16 heavy (non-hydrogen) atoms. The van der Waals surface area contributed by atoms with Gasteiger partial charge in [-0.1, -0.05) is 6.58 Å². The quantitative estimate of drug-likeness (QED) is 0.285. The minimum absolute atomic E-state index is 0.00893. The normalized spacial score (nSPS) is 11.2. The molecule has 0 bridgehead atoms. The van der Waals surface area contributed by atoms with Crippen LogP contribution in [0.15, 0.2) is 12.4 Å². The first-order valence-electron chi connectivity index (χ1n) is 4.32. The second-order valence-corrected chi connectivity index (χ2v) is 4.42. The summed E-state index contributed by atoms with van der Waals surface area (Å²) in [7, 11) is -1.14. The molecule has 0 aliphatic rings. The molecule has 0 rings (SSSR count). The van der Waals surface area contributed by atoms with Gasteiger partial charge in [0, 0.05) is 20.6 Å². The van der Waals surface area contributed by atoms with Gasteiger partial charge in [-0.05, 0) is 0 Å². The summed E-state index contributed by atoms with van der Waals surface area (Å²) in [5, 5.41) is 0. The Morgan fingerprint density at radius 1 is 1.31 bits per heavy atom. The van der Waals surface area contributed by atoms with Crippen molar-refractivity contribution in [2.75, 3.05) is 27.4 Å². The van der Waals surface area contributed by atoms with Gasteiger partial charge in [0.2, 0.25) is 5.83 Å². The van der Waals surface area contributed by atoms with E-state index in [1.165, 1.54) is 14.2 Å². The molecule has 0 radical (unpaired) electrons. The monoisotopic (exact) mass is 256 g/mol. The highest BCUT2D eigenvalue weighted by Gasteiger charge is 2.21. The van der Waals surface area contributed by atoms with Gasteiger partial charge >= 0.3 is 13.8 Å². The fourth-order valence-corrected chi connectivity index (χ4v) is 1.37. The maximum atomic E-state index is 12.1. The predicted molar refractivity (Wildman–Crippen MR) is 53.4 cm³/mol. The third-order valence-electron chi connectivity index (χ3n) is 1.44. The summed E-state index contributed by atoms with van der Waals surface area (Å²) >= 11 is 0. The summed E-state index contributed by atoms with van der Waals surface area (Å²) < 4.78 is 41.6. The van der Waals surface area contributed by atoms with Crippen LogP contribution in [0.2, 0.25) is 0 Å². The Kier molecular flexibility index (Phi) is 7.16. The highest BCUT2D eigenvalue weighted by molar-refractivity contribution is 7.48. The third kappa shape index (κ3) is 5.97. The Bertz CT molecular complexity index is 284. The molecule has 0 aromatic carbocycles. The van der Waals surface area contributed by atoms with E-state index in [4.69, 9.17) is 4.52 Å². The molecule has 0 aromatic heterocycles. The van der Waals surface area contributed by atoms with Crippen molar-refractivity contribution < 1.29 is 32.1 Å². The van der Waals surface area contributed by atoms with Gasteiger partial charge in [0.25, 0.3) is 0 Å². The van der Waals surface area contributed by atoms with Gasteiger partial charge in [-0.2, -0.15) is 4.39 Å². The number of phosphoric acid groups is 1. The lowest BCUT2D eigenvalue weighted by molar-refractivity contribution is -0.140. The van der Waals surface area contributed by atoms with E-state index in [-0.39, 0.29) is 19.6 Å². The van der Waals surface area contributed by atoms with Gasteiger partial charge in [0.05, 0.1) is 13.2 Å². The maximum Gasteiger partial charge on any atom is 0.474 e. The molecule has 0 aromatic rings. The average molecular weight is 256 g/mol. The van der Waals surface area contributed by atoms with Crippen LogP contribution in [0.5, 0.6) is 0 Å². The van der Waals surface area contributed by atoms with E-state index in [2.05, 4.69) is 20.4 Å². The lowest BCUT2D eigenvalue weighted by Crippen LogP contribution is -2.07. The average Bonchev–Trinajstić information content (AvgIpc) is 2.27. The highest BCUT2D eigenvalue weighted by Crippen LogP contribution is 2.47. The number of phosphoric ester groups is 1. The molecule has 0 N–H and O–H groups in total. The summed E-state index contributed by atoms with van der Waals surface area (Å²) in [6, 6.07) is 0. The second kappa shape index (κ2) is 7.51. The number of carbonyl (C=O) groups excluding carboxylic acids is 1. The van der Waals surface area contributed by atoms with Gasteiger partial charge in [-0.3, -0.25) is 13.6 Å². The summed E-state index contributed by atoms with van der Waals surface area (Å²) in [5.74, 6) is -2.29. The van der Waals surface area contributed by atoms with Gasteiger partial charge in [-0.25, -0.2) is 9.36 Å². The van der Waals surface area contributed by atoms with Crippen molar-refractivity contribution in [3.63, 3.8) is 0 Å². The van der Waals surface area contributed by atoms with E-state index in [0.717, 1.165) is 0 Å².